The van der Waals surface area contributed by atoms with E-state index in [9.17, 15) is 0 Å². The van der Waals surface area contributed by atoms with Crippen molar-refractivity contribution in [2.45, 2.75) is 6.54 Å². The molecule has 0 aliphatic carbocycles. The molecule has 0 aliphatic rings. The number of nitrogens with zero attached hydrogens (tertiary/aromatic N) is 6. The van der Waals surface area contributed by atoms with Gasteiger partial charge >= 0.3 is 0 Å². The van der Waals surface area contributed by atoms with Gasteiger partial charge in [-0.3, -0.25) is 4.68 Å². The number of halogens is 1. The number of rotatable bonds is 3. The van der Waals surface area contributed by atoms with Crippen LogP contribution in [0.4, 0.5) is 5.13 Å². The Bertz CT molecular complexity index is 452. The Balaban J connectivity index is 2.06. The molecule has 0 fully saturated rings. The molecule has 15 heavy (non-hydrogen) atoms. The van der Waals surface area contributed by atoms with Crippen molar-refractivity contribution in [1.82, 2.24) is 25.2 Å². The molecule has 6 nitrogen and oxygen atoms in total. The Kier molecular flexibility index (Phi) is 2.96. The minimum absolute atomic E-state index is 0.676. The van der Waals surface area contributed by atoms with Gasteiger partial charge in [0.05, 0.1) is 6.54 Å². The quantitative estimate of drug-likeness (QED) is 0.845. The molecule has 0 N–H and O–H groups in total. The third-order valence-electron chi connectivity index (χ3n) is 1.77. The molecule has 8 heteroatoms. The van der Waals surface area contributed by atoms with E-state index in [1.807, 2.05) is 25.2 Å². The molecular formula is C7H9BrN6S. The Morgan fingerprint density at radius 3 is 2.80 bits per heavy atom. The molecule has 0 bridgehead atoms. The number of hydrogen-bond donors (Lipinski definition) is 0. The van der Waals surface area contributed by atoms with Gasteiger partial charge in [0.1, 0.15) is 5.69 Å². The first-order chi connectivity index (χ1) is 7.15. The van der Waals surface area contributed by atoms with Crippen molar-refractivity contribution in [3.63, 3.8) is 0 Å². The van der Waals surface area contributed by atoms with Gasteiger partial charge in [-0.25, -0.2) is 0 Å². The summed E-state index contributed by atoms with van der Waals surface area (Å²) in [5.74, 6) is 0. The van der Waals surface area contributed by atoms with Crippen LogP contribution in [0.15, 0.2) is 10.1 Å². The molecule has 0 saturated carbocycles. The average Bonchev–Trinajstić information content (AvgIpc) is 2.75. The molecule has 0 spiro atoms. The van der Waals surface area contributed by atoms with Crippen molar-refractivity contribution in [3.8, 4) is 0 Å². The fourth-order valence-electron chi connectivity index (χ4n) is 1.13. The second-order valence-electron chi connectivity index (χ2n) is 3.08. The summed E-state index contributed by atoms with van der Waals surface area (Å²) >= 11 is 4.76. The number of aryl methyl sites for hydroxylation is 1. The molecular weight excluding hydrogens is 280 g/mol. The summed E-state index contributed by atoms with van der Waals surface area (Å²) < 4.78 is 2.46. The minimum atomic E-state index is 0.676. The van der Waals surface area contributed by atoms with Gasteiger partial charge in [0.25, 0.3) is 0 Å². The Morgan fingerprint density at radius 1 is 1.47 bits per heavy atom. The molecule has 80 valence electrons. The van der Waals surface area contributed by atoms with Crippen LogP contribution in [0.5, 0.6) is 0 Å². The summed E-state index contributed by atoms with van der Waals surface area (Å²) in [4.78, 5) is 1.98. The largest absolute Gasteiger partial charge is 0.344 e. The lowest BCUT2D eigenvalue weighted by Gasteiger charge is -2.11. The van der Waals surface area contributed by atoms with Crippen molar-refractivity contribution >= 4 is 32.4 Å². The van der Waals surface area contributed by atoms with Crippen LogP contribution in [0.25, 0.3) is 0 Å². The minimum Gasteiger partial charge on any atom is -0.344 e. The van der Waals surface area contributed by atoms with Crippen LogP contribution < -0.4 is 4.90 Å². The average molecular weight is 289 g/mol. The van der Waals surface area contributed by atoms with Gasteiger partial charge in [-0.1, -0.05) is 16.6 Å². The molecule has 0 saturated heterocycles. The van der Waals surface area contributed by atoms with Gasteiger partial charge in [-0.15, -0.1) is 15.3 Å². The van der Waals surface area contributed by atoms with Gasteiger partial charge in [-0.2, -0.15) is 0 Å². The highest BCUT2D eigenvalue weighted by Gasteiger charge is 2.09. The first-order valence-corrected chi connectivity index (χ1v) is 5.81. The first-order valence-electron chi connectivity index (χ1n) is 4.20. The van der Waals surface area contributed by atoms with Gasteiger partial charge < -0.3 is 4.90 Å². The predicted octanol–water partition coefficient (Wildman–Crippen LogP) is 1.07. The second-order valence-corrected chi connectivity index (χ2v) is 5.31. The van der Waals surface area contributed by atoms with Gasteiger partial charge in [-0.05, 0) is 15.9 Å². The fraction of sp³-hybridized carbons (Fsp3) is 0.429. The topological polar surface area (TPSA) is 59.7 Å². The molecule has 0 aliphatic heterocycles. The van der Waals surface area contributed by atoms with E-state index >= 15 is 0 Å². The summed E-state index contributed by atoms with van der Waals surface area (Å²) in [6.07, 6.45) is 1.88. The summed E-state index contributed by atoms with van der Waals surface area (Å²) in [6.45, 7) is 0.676. The van der Waals surface area contributed by atoms with Gasteiger partial charge in [0.15, 0.2) is 3.92 Å². The van der Waals surface area contributed by atoms with Crippen LogP contribution in [-0.2, 0) is 13.6 Å². The lowest BCUT2D eigenvalue weighted by molar-refractivity contribution is 0.712. The van der Waals surface area contributed by atoms with Crippen LogP contribution >= 0.6 is 27.3 Å². The number of hydrogen-bond acceptors (Lipinski definition) is 6. The van der Waals surface area contributed by atoms with E-state index in [1.54, 1.807) is 4.68 Å². The molecule has 0 aromatic carbocycles. The summed E-state index contributed by atoms with van der Waals surface area (Å²) in [6, 6.07) is 0. The highest BCUT2D eigenvalue weighted by atomic mass is 79.9. The maximum atomic E-state index is 4.01. The van der Waals surface area contributed by atoms with Crippen LogP contribution in [0, 0.1) is 0 Å². The smallest absolute Gasteiger partial charge is 0.209 e. The van der Waals surface area contributed by atoms with Crippen molar-refractivity contribution in [1.29, 1.82) is 0 Å². The maximum absolute atomic E-state index is 4.01. The van der Waals surface area contributed by atoms with Gasteiger partial charge in [0, 0.05) is 20.3 Å². The molecule has 2 aromatic heterocycles. The fourth-order valence-corrected chi connectivity index (χ4v) is 2.18. The van der Waals surface area contributed by atoms with E-state index in [-0.39, 0.29) is 0 Å². The lowest BCUT2D eigenvalue weighted by Crippen LogP contribution is -2.16. The van der Waals surface area contributed by atoms with Crippen molar-refractivity contribution in [2.24, 2.45) is 7.05 Å². The highest BCUT2D eigenvalue weighted by molar-refractivity contribution is 9.11. The van der Waals surface area contributed by atoms with Crippen molar-refractivity contribution in [2.75, 3.05) is 11.9 Å². The van der Waals surface area contributed by atoms with Gasteiger partial charge in [0.2, 0.25) is 5.13 Å². The molecule has 2 heterocycles. The van der Waals surface area contributed by atoms with E-state index < -0.39 is 0 Å². The third-order valence-corrected chi connectivity index (χ3v) is 3.24. The lowest BCUT2D eigenvalue weighted by atomic mass is 10.4. The van der Waals surface area contributed by atoms with E-state index in [0.717, 1.165) is 14.7 Å². The molecule has 2 aromatic rings. The number of aromatic nitrogens is 5. The van der Waals surface area contributed by atoms with E-state index in [4.69, 9.17) is 0 Å². The van der Waals surface area contributed by atoms with Crippen molar-refractivity contribution in [3.05, 3.63) is 15.8 Å². The zero-order valence-electron chi connectivity index (χ0n) is 8.25. The predicted molar refractivity (Wildman–Crippen MR) is 60.7 cm³/mol. The maximum Gasteiger partial charge on any atom is 0.209 e. The molecule has 0 atom stereocenters. The summed E-state index contributed by atoms with van der Waals surface area (Å²) in [7, 11) is 3.79. The highest BCUT2D eigenvalue weighted by Crippen LogP contribution is 2.23. The van der Waals surface area contributed by atoms with E-state index in [1.165, 1.54) is 11.3 Å². The monoisotopic (exact) mass is 288 g/mol. The van der Waals surface area contributed by atoms with E-state index in [2.05, 4.69) is 36.4 Å². The SMILES string of the molecule is CN(Cc1cn(C)nn1)c1nnc(Br)s1. The van der Waals surface area contributed by atoms with Crippen LogP contribution in [0.1, 0.15) is 5.69 Å². The standard InChI is InChI=1S/C7H9BrN6S/c1-13(7-11-10-6(8)15-7)3-5-4-14(2)12-9-5/h4H,3H2,1-2H3. The van der Waals surface area contributed by atoms with E-state index in [0.29, 0.717) is 6.54 Å². The molecule has 2 rings (SSSR count). The first kappa shape index (κ1) is 10.5. The zero-order valence-corrected chi connectivity index (χ0v) is 10.7. The third kappa shape index (κ3) is 2.51. The zero-order chi connectivity index (χ0) is 10.8. The second kappa shape index (κ2) is 4.23. The molecule has 0 radical (unpaired) electrons. The van der Waals surface area contributed by atoms with Crippen molar-refractivity contribution < 1.29 is 0 Å². The van der Waals surface area contributed by atoms with Crippen LogP contribution in [0.2, 0.25) is 0 Å². The number of anilines is 1. The Labute approximate surface area is 99.1 Å². The molecule has 0 unspecified atom stereocenters. The summed E-state index contributed by atoms with van der Waals surface area (Å²) in [5, 5.41) is 16.6. The molecule has 0 amide bonds. The Hall–Kier alpha value is -1.02. The van der Waals surface area contributed by atoms with Crippen LogP contribution in [-0.4, -0.2) is 32.2 Å². The summed E-state index contributed by atoms with van der Waals surface area (Å²) in [5.41, 5.74) is 0.909. The van der Waals surface area contributed by atoms with Crippen LogP contribution in [0.3, 0.4) is 0 Å². The Morgan fingerprint density at radius 2 is 2.27 bits per heavy atom. The normalized spacial score (nSPS) is 10.6.